The van der Waals surface area contributed by atoms with E-state index in [2.05, 4.69) is 30.4 Å². The molecule has 0 aromatic carbocycles. The van der Waals surface area contributed by atoms with Crippen LogP contribution in [0.3, 0.4) is 0 Å². The third-order valence-electron chi connectivity index (χ3n) is 9.91. The van der Waals surface area contributed by atoms with Crippen LogP contribution in [0.15, 0.2) is 16.8 Å². The highest BCUT2D eigenvalue weighted by atomic mass is 16.6. The number of oxime groups is 1. The van der Waals surface area contributed by atoms with Gasteiger partial charge in [-0.3, -0.25) is 9.59 Å². The first-order valence-electron chi connectivity index (χ1n) is 13.1. The van der Waals surface area contributed by atoms with Gasteiger partial charge in [0.2, 0.25) is 0 Å². The Morgan fingerprint density at radius 2 is 1.89 bits per heavy atom. The number of nitrogens with zero attached hydrogens (tertiary/aromatic N) is 1. The van der Waals surface area contributed by atoms with Gasteiger partial charge in [0, 0.05) is 5.92 Å². The number of ketones is 1. The van der Waals surface area contributed by atoms with E-state index in [4.69, 9.17) is 9.94 Å². The smallest absolute Gasteiger partial charge is 0.328 e. The lowest BCUT2D eigenvalue weighted by molar-refractivity contribution is -0.145. The molecule has 0 saturated heterocycles. The van der Waals surface area contributed by atoms with Gasteiger partial charge in [0.1, 0.15) is 5.78 Å². The van der Waals surface area contributed by atoms with E-state index >= 15 is 0 Å². The Hall–Kier alpha value is -2.22. The van der Waals surface area contributed by atoms with E-state index in [0.29, 0.717) is 23.5 Å². The lowest BCUT2D eigenvalue weighted by Gasteiger charge is -2.58. The maximum atomic E-state index is 12.3. The molecule has 0 aliphatic heterocycles. The summed E-state index contributed by atoms with van der Waals surface area (Å²) in [4.78, 5) is 40.7. The molecule has 8 atom stereocenters. The summed E-state index contributed by atoms with van der Waals surface area (Å²) in [6.45, 7) is 7.46. The number of aliphatic hydroxyl groups is 1. The van der Waals surface area contributed by atoms with Crippen molar-refractivity contribution in [2.45, 2.75) is 91.2 Å². The first kappa shape index (κ1) is 25.9. The average Bonchev–Trinajstić information content (AvgIpc) is 3.14. The van der Waals surface area contributed by atoms with Gasteiger partial charge in [0.05, 0.1) is 11.8 Å². The zero-order valence-corrected chi connectivity index (χ0v) is 21.4. The Balaban J connectivity index is 1.40. The van der Waals surface area contributed by atoms with Gasteiger partial charge in [-0.1, -0.05) is 24.6 Å². The monoisotopic (exact) mass is 488 g/mol. The van der Waals surface area contributed by atoms with E-state index < -0.39 is 30.6 Å². The van der Waals surface area contributed by atoms with Crippen LogP contribution in [-0.2, 0) is 19.2 Å². The number of carboxylic acid groups (broad SMARTS) is 1. The van der Waals surface area contributed by atoms with Gasteiger partial charge in [-0.2, -0.15) is 0 Å². The molecule has 0 aromatic heterocycles. The number of Topliss-reactive ketones (excluding diaryl/α,β-unsaturated/α-hetero) is 1. The van der Waals surface area contributed by atoms with Crippen molar-refractivity contribution in [3.63, 3.8) is 0 Å². The Bertz CT molecular complexity index is 942. The van der Waals surface area contributed by atoms with Crippen LogP contribution in [0.1, 0.15) is 79.1 Å². The molecule has 0 bridgehead atoms. The summed E-state index contributed by atoms with van der Waals surface area (Å²) >= 11 is 0. The number of hydrogen-bond acceptors (Lipinski definition) is 6. The van der Waals surface area contributed by atoms with Crippen molar-refractivity contribution in [3.05, 3.63) is 11.6 Å². The lowest BCUT2D eigenvalue weighted by atomic mass is 9.46. The Morgan fingerprint density at radius 3 is 2.54 bits per heavy atom. The number of aliphatic hydroxyl groups excluding tert-OH is 1. The van der Waals surface area contributed by atoms with E-state index in [9.17, 15) is 19.5 Å². The normalized spacial score (nSPS) is 38.9. The van der Waals surface area contributed by atoms with Gasteiger partial charge in [0.15, 0.2) is 12.6 Å². The van der Waals surface area contributed by atoms with Crippen molar-refractivity contribution < 1.29 is 29.4 Å². The average molecular weight is 489 g/mol. The maximum Gasteiger partial charge on any atom is 0.328 e. The van der Waals surface area contributed by atoms with Crippen molar-refractivity contribution in [2.24, 2.45) is 39.7 Å². The van der Waals surface area contributed by atoms with Gasteiger partial charge < -0.3 is 20.4 Å². The number of allylic oxidation sites excluding steroid dienone is 2. The van der Waals surface area contributed by atoms with E-state index in [0.717, 1.165) is 44.2 Å². The lowest BCUT2D eigenvalue weighted by Crippen LogP contribution is -2.51. The molecule has 194 valence electrons. The molecule has 0 heterocycles. The number of fused-ring (bicyclic) bond motifs is 5. The quantitative estimate of drug-likeness (QED) is 0.471. The SMILES string of the molecule is CC(=O)C1CC[C@H]2[C@@H]3CCC4=C/C(=N/OCC(=O)NC(C(=O)O)C(C)O)CC[C@]4(C)[C@H]3CC[C@]12C. The predicted molar refractivity (Wildman–Crippen MR) is 131 cm³/mol. The van der Waals surface area contributed by atoms with Crippen LogP contribution in [0.4, 0.5) is 0 Å². The second-order valence-electron chi connectivity index (χ2n) is 11.8. The standard InChI is InChI=1S/C27H40N2O6/c1-15(30)20-7-8-21-19-6-5-17-13-18(9-11-26(17,3)22(19)10-12-27(20,21)4)29-35-14-23(32)28-24(16(2)31)25(33)34/h13,16,19-22,24,31H,5-12,14H2,1-4H3,(H,28,32)(H,33,34)/b29-18+/t16?,19-,20?,21-,22-,24?,26-,27+/m0/s1. The Kier molecular flexibility index (Phi) is 7.15. The van der Waals surface area contributed by atoms with Crippen molar-refractivity contribution in [2.75, 3.05) is 6.61 Å². The summed E-state index contributed by atoms with van der Waals surface area (Å²) < 4.78 is 0. The Labute approximate surface area is 207 Å². The highest BCUT2D eigenvalue weighted by molar-refractivity contribution is 5.96. The number of nitrogens with one attached hydrogen (secondary N) is 1. The molecule has 4 aliphatic rings. The van der Waals surface area contributed by atoms with Crippen molar-refractivity contribution >= 4 is 23.4 Å². The van der Waals surface area contributed by atoms with Crippen molar-refractivity contribution in [1.29, 1.82) is 0 Å². The van der Waals surface area contributed by atoms with Crippen LogP contribution in [0.25, 0.3) is 0 Å². The molecule has 3 N–H and O–H groups in total. The summed E-state index contributed by atoms with van der Waals surface area (Å²) in [7, 11) is 0. The van der Waals surface area contributed by atoms with E-state index in [-0.39, 0.29) is 16.7 Å². The number of rotatable bonds is 7. The van der Waals surface area contributed by atoms with Gasteiger partial charge in [0.25, 0.3) is 5.91 Å². The number of hydrogen-bond donors (Lipinski definition) is 3. The molecule has 35 heavy (non-hydrogen) atoms. The summed E-state index contributed by atoms with van der Waals surface area (Å²) in [6, 6.07) is -1.38. The van der Waals surface area contributed by atoms with Gasteiger partial charge in [-0.25, -0.2) is 4.79 Å². The van der Waals surface area contributed by atoms with E-state index in [1.165, 1.54) is 25.3 Å². The third-order valence-corrected chi connectivity index (χ3v) is 9.91. The third kappa shape index (κ3) is 4.66. The molecule has 4 rings (SSSR count). The van der Waals surface area contributed by atoms with Crippen LogP contribution in [0.5, 0.6) is 0 Å². The highest BCUT2D eigenvalue weighted by Crippen LogP contribution is 2.66. The molecular weight excluding hydrogens is 448 g/mol. The fourth-order valence-electron chi connectivity index (χ4n) is 8.09. The second-order valence-corrected chi connectivity index (χ2v) is 11.8. The molecule has 4 aliphatic carbocycles. The number of carboxylic acids is 1. The molecule has 3 saturated carbocycles. The molecule has 0 radical (unpaired) electrons. The zero-order valence-electron chi connectivity index (χ0n) is 21.4. The number of carbonyl (C=O) groups is 3. The van der Waals surface area contributed by atoms with Crippen LogP contribution >= 0.6 is 0 Å². The number of carbonyl (C=O) groups excluding carboxylic acids is 2. The topological polar surface area (TPSA) is 125 Å². The molecule has 0 spiro atoms. The minimum Gasteiger partial charge on any atom is -0.480 e. The molecule has 3 fully saturated rings. The van der Waals surface area contributed by atoms with Gasteiger partial charge in [-0.05, 0) is 99.9 Å². The van der Waals surface area contributed by atoms with Crippen LogP contribution in [-0.4, -0.2) is 52.3 Å². The maximum absolute atomic E-state index is 12.3. The zero-order chi connectivity index (χ0) is 25.5. The summed E-state index contributed by atoms with van der Waals surface area (Å²) in [5.41, 5.74) is 2.53. The second kappa shape index (κ2) is 9.68. The van der Waals surface area contributed by atoms with Gasteiger partial charge in [-0.15, -0.1) is 0 Å². The summed E-state index contributed by atoms with van der Waals surface area (Å²) in [6.07, 6.45) is 9.42. The fraction of sp³-hybridized carbons (Fsp3) is 0.778. The minimum absolute atomic E-state index is 0.140. The summed E-state index contributed by atoms with van der Waals surface area (Å²) in [5, 5.41) is 25.0. The number of amides is 1. The fourth-order valence-corrected chi connectivity index (χ4v) is 8.09. The van der Waals surface area contributed by atoms with Crippen molar-refractivity contribution in [3.8, 4) is 0 Å². The molecule has 3 unspecified atom stereocenters. The minimum atomic E-state index is -1.38. The number of aliphatic carboxylic acids is 1. The first-order chi connectivity index (χ1) is 16.5. The molecule has 0 aromatic rings. The molecule has 1 amide bonds. The van der Waals surface area contributed by atoms with Crippen LogP contribution < -0.4 is 5.32 Å². The first-order valence-corrected chi connectivity index (χ1v) is 13.1. The predicted octanol–water partition coefficient (Wildman–Crippen LogP) is 3.48. The summed E-state index contributed by atoms with van der Waals surface area (Å²) in [5.74, 6) is 0.604. The molecule has 8 nitrogen and oxygen atoms in total. The molecular formula is C27H40N2O6. The van der Waals surface area contributed by atoms with Gasteiger partial charge >= 0.3 is 5.97 Å². The van der Waals surface area contributed by atoms with E-state index in [1.54, 1.807) is 6.92 Å². The van der Waals surface area contributed by atoms with E-state index in [1.807, 2.05) is 0 Å². The highest BCUT2D eigenvalue weighted by Gasteiger charge is 2.59. The largest absolute Gasteiger partial charge is 0.480 e. The Morgan fingerprint density at radius 1 is 1.14 bits per heavy atom. The van der Waals surface area contributed by atoms with Crippen LogP contribution in [0.2, 0.25) is 0 Å². The van der Waals surface area contributed by atoms with Crippen molar-refractivity contribution in [1.82, 2.24) is 5.32 Å². The molecule has 8 heteroatoms. The van der Waals surface area contributed by atoms with Crippen LogP contribution in [0, 0.1) is 34.5 Å².